The Balaban J connectivity index is 1.52. The minimum absolute atomic E-state index is 0.0580. The summed E-state index contributed by atoms with van der Waals surface area (Å²) in [4.78, 5) is 60.3. The van der Waals surface area contributed by atoms with Crippen LogP contribution in [-0.4, -0.2) is 102 Å². The van der Waals surface area contributed by atoms with Crippen LogP contribution in [0.4, 0.5) is 0 Å². The van der Waals surface area contributed by atoms with Gasteiger partial charge in [0.15, 0.2) is 0 Å². The summed E-state index contributed by atoms with van der Waals surface area (Å²) in [5, 5.41) is 13.8. The van der Waals surface area contributed by atoms with E-state index in [1.165, 1.54) is 12.0 Å². The van der Waals surface area contributed by atoms with Crippen molar-refractivity contribution >= 4 is 23.7 Å². The summed E-state index contributed by atoms with van der Waals surface area (Å²) in [6.45, 7) is 10.0. The van der Waals surface area contributed by atoms with Crippen molar-refractivity contribution in [2.75, 3.05) is 33.4 Å². The van der Waals surface area contributed by atoms with E-state index in [1.54, 1.807) is 17.1 Å². The molecule has 8 atom stereocenters. The van der Waals surface area contributed by atoms with Crippen molar-refractivity contribution in [3.05, 3.63) is 97.1 Å². The van der Waals surface area contributed by atoms with E-state index in [0.717, 1.165) is 18.4 Å². The van der Waals surface area contributed by atoms with E-state index in [1.807, 2.05) is 67.6 Å². The van der Waals surface area contributed by atoms with E-state index in [9.17, 15) is 24.3 Å². The van der Waals surface area contributed by atoms with Crippen LogP contribution in [0, 0.1) is 11.8 Å². The lowest BCUT2D eigenvalue weighted by Gasteiger charge is -2.39. The van der Waals surface area contributed by atoms with Crippen molar-refractivity contribution in [2.45, 2.75) is 87.8 Å². The number of carbonyl (C=O) groups is 4. The van der Waals surface area contributed by atoms with Gasteiger partial charge < -0.3 is 34.4 Å². The van der Waals surface area contributed by atoms with Gasteiger partial charge in [0, 0.05) is 26.6 Å². The van der Waals surface area contributed by atoms with Gasteiger partial charge in [-0.25, -0.2) is 0 Å². The quantitative estimate of drug-likeness (QED) is 0.154. The van der Waals surface area contributed by atoms with Gasteiger partial charge in [0.1, 0.15) is 17.7 Å². The first-order valence-electron chi connectivity index (χ1n) is 18.4. The molecule has 0 unspecified atom stereocenters. The number of aliphatic hydroxyl groups excluding tert-OH is 1. The first kappa shape index (κ1) is 38.9. The summed E-state index contributed by atoms with van der Waals surface area (Å²) < 4.78 is 18.5. The van der Waals surface area contributed by atoms with E-state index in [-0.39, 0.29) is 38.0 Å². The summed E-state index contributed by atoms with van der Waals surface area (Å²) in [7, 11) is 1.51. The minimum atomic E-state index is -1.29. The average Bonchev–Trinajstić information content (AvgIpc) is 3.81. The number of unbranched alkanes of at least 4 members (excludes halogenated alkanes) is 1. The number of hydrogen-bond acceptors (Lipinski definition) is 8. The molecule has 0 radical (unpaired) electrons. The number of rotatable bonds is 20. The van der Waals surface area contributed by atoms with Gasteiger partial charge in [0.2, 0.25) is 17.7 Å². The Kier molecular flexibility index (Phi) is 13.4. The summed E-state index contributed by atoms with van der Waals surface area (Å²) in [6, 6.07) is 16.1. The third kappa shape index (κ3) is 8.01. The van der Waals surface area contributed by atoms with Crippen LogP contribution < -0.4 is 5.32 Å². The zero-order valence-electron chi connectivity index (χ0n) is 30.4. The highest BCUT2D eigenvalue weighted by molar-refractivity contribution is 5.98. The van der Waals surface area contributed by atoms with E-state index < -0.39 is 59.6 Å². The van der Waals surface area contributed by atoms with Gasteiger partial charge in [0.25, 0.3) is 0 Å². The highest BCUT2D eigenvalue weighted by Crippen LogP contribution is 2.59. The number of carbonyl (C=O) groups excluding carboxylic acids is 4. The van der Waals surface area contributed by atoms with Crippen LogP contribution in [0.25, 0.3) is 0 Å². The third-order valence-corrected chi connectivity index (χ3v) is 10.6. The second-order valence-electron chi connectivity index (χ2n) is 14.0. The molecule has 11 nitrogen and oxygen atoms in total. The lowest BCUT2D eigenvalue weighted by atomic mass is 9.70. The molecule has 0 aliphatic carbocycles. The Morgan fingerprint density at radius 3 is 2.46 bits per heavy atom. The molecule has 3 fully saturated rings. The maximum Gasteiger partial charge on any atom is 0.313 e. The highest BCUT2D eigenvalue weighted by atomic mass is 16.6. The fraction of sp³-hybridized carbons (Fsp3) is 0.512. The van der Waals surface area contributed by atoms with Gasteiger partial charge in [-0.05, 0) is 43.2 Å². The lowest BCUT2D eigenvalue weighted by molar-refractivity contribution is -0.163. The largest absolute Gasteiger partial charge is 0.455 e. The van der Waals surface area contributed by atoms with Gasteiger partial charge in [-0.15, -0.1) is 13.2 Å². The number of amides is 3. The van der Waals surface area contributed by atoms with E-state index in [2.05, 4.69) is 18.5 Å². The predicted octanol–water partition coefficient (Wildman–Crippen LogP) is 4.16. The Morgan fingerprint density at radius 2 is 1.83 bits per heavy atom. The first-order valence-corrected chi connectivity index (χ1v) is 18.4. The number of methoxy groups -OCH3 is 1. The van der Waals surface area contributed by atoms with Gasteiger partial charge >= 0.3 is 5.97 Å². The lowest BCUT2D eigenvalue weighted by Crippen LogP contribution is -2.59. The Morgan fingerprint density at radius 1 is 1.12 bits per heavy atom. The minimum Gasteiger partial charge on any atom is -0.455 e. The normalized spacial score (nSPS) is 24.8. The van der Waals surface area contributed by atoms with Crippen molar-refractivity contribution in [1.29, 1.82) is 0 Å². The van der Waals surface area contributed by atoms with Crippen LogP contribution in [0.1, 0.15) is 62.7 Å². The molecule has 0 saturated carbocycles. The summed E-state index contributed by atoms with van der Waals surface area (Å²) in [6.07, 6.45) is 5.21. The summed E-state index contributed by atoms with van der Waals surface area (Å²) in [5.74, 6) is -3.60. The van der Waals surface area contributed by atoms with Gasteiger partial charge in [0.05, 0.1) is 43.2 Å². The Bertz CT molecular complexity index is 1550. The molecule has 2 aromatic rings. The van der Waals surface area contributed by atoms with E-state index >= 15 is 0 Å². The number of hydrogen-bond donors (Lipinski definition) is 2. The van der Waals surface area contributed by atoms with Crippen molar-refractivity contribution in [1.82, 2.24) is 15.1 Å². The molecule has 0 aromatic heterocycles. The number of aliphatic hydroxyl groups is 1. The van der Waals surface area contributed by atoms with Gasteiger partial charge in [-0.2, -0.15) is 0 Å². The molecule has 280 valence electrons. The molecule has 3 heterocycles. The number of fused-ring (bicyclic) bond motifs is 1. The number of nitrogens with zero attached hydrogens (tertiary/aromatic N) is 2. The van der Waals surface area contributed by atoms with Gasteiger partial charge in [-0.3, -0.25) is 19.2 Å². The molecule has 3 aliphatic heterocycles. The number of likely N-dealkylation sites (tertiary alicyclic amines) is 1. The Hall–Kier alpha value is -4.32. The molecular weight excluding hydrogens is 662 g/mol. The van der Waals surface area contributed by atoms with Crippen LogP contribution >= 0.6 is 0 Å². The molecule has 2 bridgehead atoms. The molecular formula is C41H53N3O8. The highest BCUT2D eigenvalue weighted by Gasteiger charge is 2.75. The second kappa shape index (κ2) is 17.9. The monoisotopic (exact) mass is 715 g/mol. The number of esters is 1. The topological polar surface area (TPSA) is 135 Å². The van der Waals surface area contributed by atoms with Crippen molar-refractivity contribution in [3.63, 3.8) is 0 Å². The number of nitrogens with one attached hydrogen (secondary N) is 1. The molecule has 3 saturated heterocycles. The molecule has 3 aliphatic rings. The molecule has 3 amide bonds. The molecule has 2 aromatic carbocycles. The molecule has 52 heavy (non-hydrogen) atoms. The number of ether oxygens (including phenoxy) is 3. The number of benzene rings is 2. The second-order valence-corrected chi connectivity index (χ2v) is 14.0. The zero-order chi connectivity index (χ0) is 37.3. The van der Waals surface area contributed by atoms with E-state index in [4.69, 9.17) is 14.2 Å². The number of allylic oxidation sites excluding steroid dienone is 1. The van der Waals surface area contributed by atoms with Crippen molar-refractivity contribution < 1.29 is 38.5 Å². The molecule has 2 N–H and O–H groups in total. The summed E-state index contributed by atoms with van der Waals surface area (Å²) >= 11 is 0. The fourth-order valence-electron chi connectivity index (χ4n) is 8.26. The third-order valence-electron chi connectivity index (χ3n) is 10.6. The predicted molar refractivity (Wildman–Crippen MR) is 196 cm³/mol. The average molecular weight is 716 g/mol. The fourth-order valence-corrected chi connectivity index (χ4v) is 8.26. The maximum absolute atomic E-state index is 14.9. The maximum atomic E-state index is 14.9. The molecule has 1 spiro atoms. The van der Waals surface area contributed by atoms with Crippen LogP contribution in [0.2, 0.25) is 0 Å². The van der Waals surface area contributed by atoms with Crippen LogP contribution in [-0.2, 0) is 39.8 Å². The molecule has 11 heteroatoms. The first-order chi connectivity index (χ1) is 25.2. The van der Waals surface area contributed by atoms with Crippen LogP contribution in [0.3, 0.4) is 0 Å². The summed E-state index contributed by atoms with van der Waals surface area (Å²) in [5.41, 5.74) is 0.258. The van der Waals surface area contributed by atoms with Crippen LogP contribution in [0.15, 0.2) is 86.0 Å². The molecule has 5 rings (SSSR count). The standard InChI is InChI=1S/C41H53N3O8/c1-5-8-20-33(46)42-31(27-50-4)36(29-18-14-11-15-19-29)51-40(49)34-32-21-22-41(52-32)35(34)38(47)44(30(26-45)25-28-16-12-10-13-17-28)37(41)39(48)43(23-7-3)24-9-6-2/h5,7,10-19,30-32,34-37,45H,1,3,6,8-9,20-27H2,2,4H3,(H,42,46)/t30-,31+,32+,34-,35-,36+,37+,41-/m1/s1. The SMILES string of the molecule is C=CCCC(=O)N[C@@H](COC)[C@@H](OC(=O)[C@@H]1[C@@H]2CC[C@]3(O2)[C@H](C(=O)N(CC=C)CCCC)N([C@@H](CO)Cc2ccccc2)C(=O)[C@@H]13)c1ccccc1. The van der Waals surface area contributed by atoms with Crippen LogP contribution in [0.5, 0.6) is 0 Å². The van der Waals surface area contributed by atoms with E-state index in [0.29, 0.717) is 37.8 Å². The smallest absolute Gasteiger partial charge is 0.313 e. The van der Waals surface area contributed by atoms with Crippen molar-refractivity contribution in [3.8, 4) is 0 Å². The Labute approximate surface area is 307 Å². The zero-order valence-corrected chi connectivity index (χ0v) is 30.4. The van der Waals surface area contributed by atoms with Crippen molar-refractivity contribution in [2.24, 2.45) is 11.8 Å². The van der Waals surface area contributed by atoms with Gasteiger partial charge in [-0.1, -0.05) is 86.2 Å².